The van der Waals surface area contributed by atoms with Crippen LogP contribution in [-0.2, 0) is 23.9 Å². The van der Waals surface area contributed by atoms with E-state index in [1.54, 1.807) is 6.92 Å². The van der Waals surface area contributed by atoms with Gasteiger partial charge in [-0.3, -0.25) is 19.7 Å². The zero-order chi connectivity index (χ0) is 20.7. The minimum atomic E-state index is -1.16. The van der Waals surface area contributed by atoms with Gasteiger partial charge in [-0.05, 0) is 44.7 Å². The molecule has 0 saturated heterocycles. The van der Waals surface area contributed by atoms with Crippen LogP contribution in [0.2, 0.25) is 0 Å². The average molecular weight is 394 g/mol. The Kier molecular flexibility index (Phi) is 7.30. The number of nitrogens with one attached hydrogen (secondary N) is 1. The molecule has 0 aliphatic heterocycles. The molecule has 1 aromatic rings. The van der Waals surface area contributed by atoms with Crippen molar-refractivity contribution in [3.8, 4) is 5.75 Å². The Morgan fingerprint density at radius 1 is 1.21 bits per heavy atom. The summed E-state index contributed by atoms with van der Waals surface area (Å²) in [4.78, 5) is 45.1. The zero-order valence-corrected chi connectivity index (χ0v) is 15.6. The van der Waals surface area contributed by atoms with Crippen LogP contribution in [-0.4, -0.2) is 42.6 Å². The van der Waals surface area contributed by atoms with Gasteiger partial charge in [0, 0.05) is 0 Å². The van der Waals surface area contributed by atoms with Crippen LogP contribution in [0, 0.1) is 16.0 Å². The lowest BCUT2D eigenvalue weighted by Crippen LogP contribution is -2.29. The number of carbonyl (C=O) groups excluding carboxylic acids is 3. The molecule has 0 aromatic heterocycles. The zero-order valence-electron chi connectivity index (χ0n) is 15.6. The smallest absolute Gasteiger partial charge is 0.396 e. The van der Waals surface area contributed by atoms with Crippen molar-refractivity contribution in [1.82, 2.24) is 0 Å². The number of carbonyl (C=O) groups is 3. The van der Waals surface area contributed by atoms with Gasteiger partial charge in [-0.15, -0.1) is 0 Å². The highest BCUT2D eigenvalue weighted by Gasteiger charge is 2.29. The van der Waals surface area contributed by atoms with Gasteiger partial charge in [0.05, 0.1) is 36.7 Å². The maximum absolute atomic E-state index is 11.8. The Morgan fingerprint density at radius 3 is 2.46 bits per heavy atom. The van der Waals surface area contributed by atoms with Crippen molar-refractivity contribution in [3.05, 3.63) is 28.3 Å². The standard InChI is InChI=1S/C18H22N2O8/c1-3-27-17(22)11-4-6-12(7-5-11)28-13-8-9-14(15(10-13)20(24)25)19-16(21)18(23)26-2/h8-12H,3-7H2,1-2H3,(H,19,21)/t11-,12+. The molecule has 28 heavy (non-hydrogen) atoms. The van der Waals surface area contributed by atoms with Crippen molar-refractivity contribution in [2.45, 2.75) is 38.7 Å². The van der Waals surface area contributed by atoms with Gasteiger partial charge < -0.3 is 19.5 Å². The molecule has 1 saturated carbocycles. The van der Waals surface area contributed by atoms with Gasteiger partial charge in [0.1, 0.15) is 11.4 Å². The molecular formula is C18H22N2O8. The van der Waals surface area contributed by atoms with Crippen molar-refractivity contribution >= 4 is 29.2 Å². The van der Waals surface area contributed by atoms with Crippen LogP contribution >= 0.6 is 0 Å². The summed E-state index contributed by atoms with van der Waals surface area (Å²) >= 11 is 0. The fourth-order valence-corrected chi connectivity index (χ4v) is 2.98. The molecule has 1 N–H and O–H groups in total. The first-order valence-corrected chi connectivity index (χ1v) is 8.86. The predicted octanol–water partition coefficient (Wildman–Crippen LogP) is 2.21. The Balaban J connectivity index is 2.02. The number of rotatable bonds is 6. The van der Waals surface area contributed by atoms with E-state index in [1.807, 2.05) is 0 Å². The van der Waals surface area contributed by atoms with E-state index in [4.69, 9.17) is 9.47 Å². The SMILES string of the molecule is CCOC(=O)[C@H]1CC[C@@H](Oc2ccc(NC(=O)C(=O)OC)c([N+](=O)[O-])c2)CC1. The number of hydrogen-bond donors (Lipinski definition) is 1. The van der Waals surface area contributed by atoms with Crippen LogP contribution in [0.25, 0.3) is 0 Å². The molecule has 0 bridgehead atoms. The first-order valence-electron chi connectivity index (χ1n) is 8.86. The third-order valence-corrected chi connectivity index (χ3v) is 4.38. The third-order valence-electron chi connectivity index (χ3n) is 4.38. The number of amides is 1. The molecule has 10 nitrogen and oxygen atoms in total. The van der Waals surface area contributed by atoms with Crippen LogP contribution in [0.5, 0.6) is 5.75 Å². The Morgan fingerprint density at radius 2 is 1.89 bits per heavy atom. The monoisotopic (exact) mass is 394 g/mol. The second kappa shape index (κ2) is 9.67. The van der Waals surface area contributed by atoms with E-state index in [2.05, 4.69) is 10.1 Å². The van der Waals surface area contributed by atoms with Crippen molar-refractivity contribution in [2.75, 3.05) is 19.0 Å². The molecule has 0 radical (unpaired) electrons. The number of methoxy groups -OCH3 is 1. The third kappa shape index (κ3) is 5.41. The highest BCUT2D eigenvalue weighted by atomic mass is 16.6. The predicted molar refractivity (Wildman–Crippen MR) is 96.7 cm³/mol. The summed E-state index contributed by atoms with van der Waals surface area (Å²) in [5, 5.41) is 13.4. The maximum atomic E-state index is 11.8. The normalized spacial score (nSPS) is 18.6. The van der Waals surface area contributed by atoms with Crippen molar-refractivity contribution < 1.29 is 33.5 Å². The van der Waals surface area contributed by atoms with Crippen LogP contribution < -0.4 is 10.1 Å². The highest BCUT2D eigenvalue weighted by molar-refractivity contribution is 6.37. The fourth-order valence-electron chi connectivity index (χ4n) is 2.98. The van der Waals surface area contributed by atoms with Crippen LogP contribution in [0.15, 0.2) is 18.2 Å². The van der Waals surface area contributed by atoms with Crippen molar-refractivity contribution in [2.24, 2.45) is 5.92 Å². The summed E-state index contributed by atoms with van der Waals surface area (Å²) in [6.45, 7) is 2.11. The number of esters is 2. The molecule has 10 heteroatoms. The Labute approximate surface area is 161 Å². The van der Waals surface area contributed by atoms with Crippen molar-refractivity contribution in [3.63, 3.8) is 0 Å². The van der Waals surface area contributed by atoms with Gasteiger partial charge in [-0.1, -0.05) is 0 Å². The summed E-state index contributed by atoms with van der Waals surface area (Å²) in [6, 6.07) is 3.94. The average Bonchev–Trinajstić information content (AvgIpc) is 2.69. The summed E-state index contributed by atoms with van der Waals surface area (Å²) in [6.07, 6.45) is 2.31. The van der Waals surface area contributed by atoms with Gasteiger partial charge in [-0.2, -0.15) is 0 Å². The van der Waals surface area contributed by atoms with E-state index in [9.17, 15) is 24.5 Å². The first kappa shape index (κ1) is 21.1. The lowest BCUT2D eigenvalue weighted by molar-refractivity contribution is -0.384. The molecule has 1 aliphatic carbocycles. The van der Waals surface area contributed by atoms with E-state index in [0.717, 1.165) is 7.11 Å². The van der Waals surface area contributed by atoms with E-state index in [-0.39, 0.29) is 29.4 Å². The minimum absolute atomic E-state index is 0.140. The number of nitro groups is 1. The lowest BCUT2D eigenvalue weighted by atomic mass is 9.87. The number of benzene rings is 1. The largest absolute Gasteiger partial charge is 0.490 e. The van der Waals surface area contributed by atoms with Gasteiger partial charge >= 0.3 is 17.8 Å². The number of ether oxygens (including phenoxy) is 3. The van der Waals surface area contributed by atoms with E-state index in [0.29, 0.717) is 32.3 Å². The Hall–Kier alpha value is -3.17. The molecule has 1 aliphatic rings. The Bertz CT molecular complexity index is 756. The second-order valence-electron chi connectivity index (χ2n) is 6.23. The molecule has 0 heterocycles. The van der Waals surface area contributed by atoms with Gasteiger partial charge in [0.25, 0.3) is 5.69 Å². The van der Waals surface area contributed by atoms with E-state index in [1.165, 1.54) is 18.2 Å². The van der Waals surface area contributed by atoms with Crippen LogP contribution in [0.3, 0.4) is 0 Å². The molecule has 0 atom stereocenters. The second-order valence-corrected chi connectivity index (χ2v) is 6.23. The molecule has 1 aromatic carbocycles. The molecule has 0 unspecified atom stereocenters. The number of nitro benzene ring substituents is 1. The molecular weight excluding hydrogens is 372 g/mol. The topological polar surface area (TPSA) is 134 Å². The number of anilines is 1. The lowest BCUT2D eigenvalue weighted by Gasteiger charge is -2.27. The number of hydrogen-bond acceptors (Lipinski definition) is 8. The quantitative estimate of drug-likeness (QED) is 0.336. The van der Waals surface area contributed by atoms with E-state index < -0.39 is 22.5 Å². The molecule has 1 amide bonds. The van der Waals surface area contributed by atoms with Crippen LogP contribution in [0.4, 0.5) is 11.4 Å². The highest BCUT2D eigenvalue weighted by Crippen LogP contribution is 2.33. The molecule has 2 rings (SSSR count). The molecule has 152 valence electrons. The summed E-state index contributed by atoms with van der Waals surface area (Å²) < 4.78 is 15.1. The maximum Gasteiger partial charge on any atom is 0.396 e. The van der Waals surface area contributed by atoms with Gasteiger partial charge in [0.15, 0.2) is 0 Å². The summed E-state index contributed by atoms with van der Waals surface area (Å²) in [5.74, 6) is -2.36. The number of nitrogens with zero attached hydrogens (tertiary/aromatic N) is 1. The van der Waals surface area contributed by atoms with Gasteiger partial charge in [-0.25, -0.2) is 4.79 Å². The minimum Gasteiger partial charge on any atom is -0.490 e. The summed E-state index contributed by atoms with van der Waals surface area (Å²) in [7, 11) is 1.03. The first-order chi connectivity index (χ1) is 13.3. The van der Waals surface area contributed by atoms with Gasteiger partial charge in [0.2, 0.25) is 0 Å². The van der Waals surface area contributed by atoms with Crippen molar-refractivity contribution in [1.29, 1.82) is 0 Å². The van der Waals surface area contributed by atoms with Crippen LogP contribution in [0.1, 0.15) is 32.6 Å². The summed E-state index contributed by atoms with van der Waals surface area (Å²) in [5.41, 5.74) is -0.547. The fraction of sp³-hybridized carbons (Fsp3) is 0.500. The molecule has 0 spiro atoms. The van der Waals surface area contributed by atoms with E-state index >= 15 is 0 Å². The molecule has 1 fully saturated rings.